The topological polar surface area (TPSA) is 77.8 Å². The third-order valence-electron chi connectivity index (χ3n) is 3.06. The molecule has 1 amide bonds. The van der Waals surface area contributed by atoms with Gasteiger partial charge in [-0.1, -0.05) is 12.1 Å². The molecule has 1 heterocycles. The molecule has 1 aromatic heterocycles. The summed E-state index contributed by atoms with van der Waals surface area (Å²) in [5.41, 5.74) is 1.17. The van der Waals surface area contributed by atoms with Gasteiger partial charge in [0.1, 0.15) is 12.0 Å². The maximum Gasteiger partial charge on any atom is 0.341 e. The number of amides is 1. The van der Waals surface area contributed by atoms with E-state index in [2.05, 4.69) is 5.32 Å². The number of nitrogens with one attached hydrogen (secondary N) is 1. The lowest BCUT2D eigenvalue weighted by molar-refractivity contribution is -0.124. The zero-order chi connectivity index (χ0) is 15.9. The van der Waals surface area contributed by atoms with Crippen molar-refractivity contribution < 1.29 is 23.5 Å². The number of furan rings is 1. The molecule has 2 rings (SSSR count). The van der Waals surface area contributed by atoms with Gasteiger partial charge in [0, 0.05) is 0 Å². The zero-order valence-electron chi connectivity index (χ0n) is 12.4. The summed E-state index contributed by atoms with van der Waals surface area (Å²) < 4.78 is 14.8. The van der Waals surface area contributed by atoms with Crippen molar-refractivity contribution in [2.24, 2.45) is 0 Å². The van der Waals surface area contributed by atoms with E-state index in [0.717, 1.165) is 5.56 Å². The van der Waals surface area contributed by atoms with Gasteiger partial charge in [0.15, 0.2) is 6.61 Å². The molecule has 0 aliphatic carbocycles. The Labute approximate surface area is 128 Å². The Morgan fingerprint density at radius 3 is 2.82 bits per heavy atom. The van der Waals surface area contributed by atoms with Gasteiger partial charge in [-0.3, -0.25) is 4.79 Å². The molecule has 6 heteroatoms. The highest BCUT2D eigenvalue weighted by molar-refractivity contribution is 5.90. The minimum absolute atomic E-state index is 0.227. The lowest BCUT2D eigenvalue weighted by atomic mass is 10.1. The molecule has 0 aliphatic rings. The van der Waals surface area contributed by atoms with Crippen LogP contribution in [0.2, 0.25) is 0 Å². The molecule has 0 radical (unpaired) electrons. The fraction of sp³-hybridized carbons (Fsp3) is 0.250. The van der Waals surface area contributed by atoms with E-state index in [9.17, 15) is 9.59 Å². The lowest BCUT2D eigenvalue weighted by Gasteiger charge is -2.15. The summed E-state index contributed by atoms with van der Waals surface area (Å²) in [7, 11) is 1.58. The molecular weight excluding hydrogens is 286 g/mol. The fourth-order valence-electron chi connectivity index (χ4n) is 1.87. The predicted molar refractivity (Wildman–Crippen MR) is 78.5 cm³/mol. The summed E-state index contributed by atoms with van der Waals surface area (Å²) in [6.07, 6.45) is 2.63. The number of carbonyl (C=O) groups is 2. The molecule has 0 saturated heterocycles. The van der Waals surface area contributed by atoms with Crippen LogP contribution >= 0.6 is 0 Å². The minimum atomic E-state index is -0.599. The average Bonchev–Trinajstić information content (AvgIpc) is 3.07. The van der Waals surface area contributed by atoms with Crippen molar-refractivity contribution in [2.75, 3.05) is 13.7 Å². The first-order chi connectivity index (χ1) is 10.6. The molecule has 22 heavy (non-hydrogen) atoms. The highest BCUT2D eigenvalue weighted by Crippen LogP contribution is 2.18. The SMILES string of the molecule is COc1cccc(C(C)NC(=O)COC(=O)c2ccoc2)c1. The van der Waals surface area contributed by atoms with Crippen LogP contribution < -0.4 is 10.1 Å². The number of methoxy groups -OCH3 is 1. The quantitative estimate of drug-likeness (QED) is 0.829. The third kappa shape index (κ3) is 4.12. The smallest absolute Gasteiger partial charge is 0.341 e. The Morgan fingerprint density at radius 2 is 2.14 bits per heavy atom. The summed E-state index contributed by atoms with van der Waals surface area (Å²) in [5, 5.41) is 2.75. The Morgan fingerprint density at radius 1 is 1.32 bits per heavy atom. The van der Waals surface area contributed by atoms with E-state index in [0.29, 0.717) is 5.75 Å². The van der Waals surface area contributed by atoms with E-state index in [1.807, 2.05) is 31.2 Å². The van der Waals surface area contributed by atoms with E-state index in [4.69, 9.17) is 13.9 Å². The van der Waals surface area contributed by atoms with Gasteiger partial charge in [-0.15, -0.1) is 0 Å². The largest absolute Gasteiger partial charge is 0.497 e. The Hall–Kier alpha value is -2.76. The van der Waals surface area contributed by atoms with E-state index in [1.165, 1.54) is 18.6 Å². The van der Waals surface area contributed by atoms with Crippen molar-refractivity contribution in [3.05, 3.63) is 54.0 Å². The maximum absolute atomic E-state index is 11.8. The number of hydrogen-bond acceptors (Lipinski definition) is 5. The van der Waals surface area contributed by atoms with Crippen molar-refractivity contribution in [1.29, 1.82) is 0 Å². The molecule has 0 bridgehead atoms. The number of benzene rings is 1. The van der Waals surface area contributed by atoms with Crippen LogP contribution in [0.1, 0.15) is 28.9 Å². The monoisotopic (exact) mass is 303 g/mol. The fourth-order valence-corrected chi connectivity index (χ4v) is 1.87. The van der Waals surface area contributed by atoms with Gasteiger partial charge >= 0.3 is 5.97 Å². The summed E-state index contributed by atoms with van der Waals surface area (Å²) in [4.78, 5) is 23.4. The van der Waals surface area contributed by atoms with Crippen molar-refractivity contribution in [3.8, 4) is 5.75 Å². The normalized spacial score (nSPS) is 11.5. The zero-order valence-corrected chi connectivity index (χ0v) is 12.4. The van der Waals surface area contributed by atoms with Crippen LogP contribution in [0.3, 0.4) is 0 Å². The van der Waals surface area contributed by atoms with Gasteiger partial charge in [0.05, 0.1) is 25.0 Å². The van der Waals surface area contributed by atoms with E-state index in [-0.39, 0.29) is 24.1 Å². The molecule has 0 saturated carbocycles. The average molecular weight is 303 g/mol. The van der Waals surface area contributed by atoms with Crippen LogP contribution in [0.4, 0.5) is 0 Å². The molecule has 1 N–H and O–H groups in total. The molecule has 1 atom stereocenters. The van der Waals surface area contributed by atoms with Crippen molar-refractivity contribution >= 4 is 11.9 Å². The van der Waals surface area contributed by atoms with Crippen molar-refractivity contribution in [3.63, 3.8) is 0 Å². The summed E-state index contributed by atoms with van der Waals surface area (Å²) in [6, 6.07) is 8.63. The second-order valence-corrected chi connectivity index (χ2v) is 4.65. The molecule has 0 spiro atoms. The summed E-state index contributed by atoms with van der Waals surface area (Å²) >= 11 is 0. The third-order valence-corrected chi connectivity index (χ3v) is 3.06. The highest BCUT2D eigenvalue weighted by atomic mass is 16.5. The molecule has 1 unspecified atom stereocenters. The van der Waals surface area contributed by atoms with Crippen LogP contribution in [0.25, 0.3) is 0 Å². The summed E-state index contributed by atoms with van der Waals surface area (Å²) in [5.74, 6) is -0.268. The highest BCUT2D eigenvalue weighted by Gasteiger charge is 2.14. The standard InChI is InChI=1S/C16H17NO5/c1-11(12-4-3-5-14(8-12)20-2)17-15(18)10-22-16(19)13-6-7-21-9-13/h3-9,11H,10H2,1-2H3,(H,17,18). The first-order valence-electron chi connectivity index (χ1n) is 6.73. The van der Waals surface area contributed by atoms with Gasteiger partial charge in [-0.2, -0.15) is 0 Å². The van der Waals surface area contributed by atoms with E-state index < -0.39 is 5.97 Å². The summed E-state index contributed by atoms with van der Waals surface area (Å²) in [6.45, 7) is 1.49. The van der Waals surface area contributed by atoms with Gasteiger partial charge < -0.3 is 19.2 Å². The number of esters is 1. The van der Waals surface area contributed by atoms with Crippen LogP contribution in [-0.4, -0.2) is 25.6 Å². The second-order valence-electron chi connectivity index (χ2n) is 4.65. The molecule has 0 aliphatic heterocycles. The Balaban J connectivity index is 1.84. The second kappa shape index (κ2) is 7.31. The number of hydrogen-bond donors (Lipinski definition) is 1. The number of ether oxygens (including phenoxy) is 2. The number of rotatable bonds is 6. The van der Waals surface area contributed by atoms with Crippen LogP contribution in [-0.2, 0) is 9.53 Å². The van der Waals surface area contributed by atoms with E-state index >= 15 is 0 Å². The molecule has 1 aromatic carbocycles. The van der Waals surface area contributed by atoms with Crippen molar-refractivity contribution in [2.45, 2.75) is 13.0 Å². The van der Waals surface area contributed by atoms with Crippen LogP contribution in [0.5, 0.6) is 5.75 Å². The number of carbonyl (C=O) groups excluding carboxylic acids is 2. The maximum atomic E-state index is 11.8. The van der Waals surface area contributed by atoms with Crippen molar-refractivity contribution in [1.82, 2.24) is 5.32 Å². The Kier molecular flexibility index (Phi) is 5.19. The van der Waals surface area contributed by atoms with Gasteiger partial charge in [0.25, 0.3) is 5.91 Å². The molecule has 2 aromatic rings. The van der Waals surface area contributed by atoms with Crippen LogP contribution in [0.15, 0.2) is 47.3 Å². The predicted octanol–water partition coefficient (Wildman–Crippen LogP) is 2.32. The first-order valence-corrected chi connectivity index (χ1v) is 6.73. The van der Waals surface area contributed by atoms with Gasteiger partial charge in [-0.05, 0) is 30.7 Å². The molecule has 6 nitrogen and oxygen atoms in total. The molecular formula is C16H17NO5. The van der Waals surface area contributed by atoms with Gasteiger partial charge in [0.2, 0.25) is 0 Å². The minimum Gasteiger partial charge on any atom is -0.497 e. The Bertz CT molecular complexity index is 636. The van der Waals surface area contributed by atoms with Crippen LogP contribution in [0, 0.1) is 0 Å². The van der Waals surface area contributed by atoms with E-state index in [1.54, 1.807) is 7.11 Å². The lowest BCUT2D eigenvalue weighted by Crippen LogP contribution is -2.31. The molecule has 116 valence electrons. The van der Waals surface area contributed by atoms with Gasteiger partial charge in [-0.25, -0.2) is 4.79 Å². The molecule has 0 fully saturated rings. The first kappa shape index (κ1) is 15.6.